The molecule has 0 saturated heterocycles. The highest BCUT2D eigenvalue weighted by Crippen LogP contribution is 2.22. The fraction of sp³-hybridized carbons (Fsp3) is 0.462. The summed E-state index contributed by atoms with van der Waals surface area (Å²) >= 11 is 5.51. The van der Waals surface area contributed by atoms with Gasteiger partial charge in [-0.05, 0) is 31.4 Å². The number of carbonyl (C=O) groups excluding carboxylic acids is 1. The smallest absolute Gasteiger partial charge is 0.160 e. The molecular formula is C13H17ClO3. The number of aryl methyl sites for hydroxylation is 1. The van der Waals surface area contributed by atoms with Crippen LogP contribution < -0.4 is 0 Å². The van der Waals surface area contributed by atoms with Crippen LogP contribution in [0.4, 0.5) is 0 Å². The summed E-state index contributed by atoms with van der Waals surface area (Å²) in [5.41, 5.74) is 2.03. The van der Waals surface area contributed by atoms with Crippen molar-refractivity contribution in [2.24, 2.45) is 0 Å². The molecule has 1 aromatic carbocycles. The van der Waals surface area contributed by atoms with Gasteiger partial charge < -0.3 is 10.2 Å². The zero-order valence-corrected chi connectivity index (χ0v) is 10.7. The molecule has 0 aliphatic heterocycles. The van der Waals surface area contributed by atoms with Gasteiger partial charge in [0.25, 0.3) is 0 Å². The molecule has 0 spiro atoms. The van der Waals surface area contributed by atoms with E-state index in [9.17, 15) is 15.0 Å². The molecule has 94 valence electrons. The van der Waals surface area contributed by atoms with E-state index in [1.165, 1.54) is 6.92 Å². The Morgan fingerprint density at radius 2 is 2.06 bits per heavy atom. The van der Waals surface area contributed by atoms with E-state index in [1.807, 2.05) is 0 Å². The van der Waals surface area contributed by atoms with Gasteiger partial charge in [0, 0.05) is 11.4 Å². The minimum absolute atomic E-state index is 0.00940. The molecule has 0 aliphatic rings. The van der Waals surface area contributed by atoms with Crippen molar-refractivity contribution in [2.75, 3.05) is 5.88 Å². The highest BCUT2D eigenvalue weighted by Gasteiger charge is 2.18. The van der Waals surface area contributed by atoms with E-state index in [-0.39, 0.29) is 5.78 Å². The predicted molar refractivity (Wildman–Crippen MR) is 67.5 cm³/mol. The van der Waals surface area contributed by atoms with Crippen LogP contribution in [0.25, 0.3) is 0 Å². The second-order valence-corrected chi connectivity index (χ2v) is 4.50. The van der Waals surface area contributed by atoms with Gasteiger partial charge in [0.15, 0.2) is 5.78 Å². The number of ketones is 1. The van der Waals surface area contributed by atoms with E-state index in [4.69, 9.17) is 11.6 Å². The second kappa shape index (κ2) is 6.15. The van der Waals surface area contributed by atoms with Gasteiger partial charge in [-0.1, -0.05) is 18.2 Å². The minimum Gasteiger partial charge on any atom is -0.390 e. The number of hydrogen-bond donors (Lipinski definition) is 2. The molecule has 0 amide bonds. The molecule has 0 radical (unpaired) electrons. The van der Waals surface area contributed by atoms with Crippen molar-refractivity contribution >= 4 is 17.4 Å². The average molecular weight is 257 g/mol. The Morgan fingerprint density at radius 1 is 1.41 bits per heavy atom. The molecule has 2 atom stereocenters. The Bertz CT molecular complexity index is 404. The topological polar surface area (TPSA) is 57.5 Å². The standard InChI is InChI=1S/C13H17ClO3/c1-8-7-10(3-4-11(8)9(2)15)13(17)12(16)5-6-14/h3-4,7,12-13,16-17H,5-6H2,1-2H3. The molecule has 4 heteroatoms. The Morgan fingerprint density at radius 3 is 2.53 bits per heavy atom. The fourth-order valence-electron chi connectivity index (χ4n) is 1.76. The van der Waals surface area contributed by atoms with Crippen LogP contribution in [0.1, 0.15) is 40.9 Å². The second-order valence-electron chi connectivity index (χ2n) is 4.12. The molecule has 2 N–H and O–H groups in total. The van der Waals surface area contributed by atoms with Gasteiger partial charge in [-0.3, -0.25) is 4.79 Å². The van der Waals surface area contributed by atoms with E-state index in [0.29, 0.717) is 23.4 Å². The van der Waals surface area contributed by atoms with Crippen LogP contribution in [0.3, 0.4) is 0 Å². The lowest BCUT2D eigenvalue weighted by Gasteiger charge is -2.18. The molecule has 0 fully saturated rings. The first-order valence-corrected chi connectivity index (χ1v) is 6.04. The zero-order chi connectivity index (χ0) is 13.0. The summed E-state index contributed by atoms with van der Waals surface area (Å²) in [7, 11) is 0. The van der Waals surface area contributed by atoms with E-state index >= 15 is 0 Å². The van der Waals surface area contributed by atoms with Crippen molar-refractivity contribution in [1.29, 1.82) is 0 Å². The van der Waals surface area contributed by atoms with Crippen LogP contribution in [-0.2, 0) is 0 Å². The van der Waals surface area contributed by atoms with Gasteiger partial charge in [0.2, 0.25) is 0 Å². The Balaban J connectivity index is 2.93. The number of aliphatic hydroxyl groups is 2. The van der Waals surface area contributed by atoms with Crippen LogP contribution in [0.15, 0.2) is 18.2 Å². The maximum absolute atomic E-state index is 11.3. The lowest BCUT2D eigenvalue weighted by Crippen LogP contribution is -2.19. The molecule has 0 heterocycles. The van der Waals surface area contributed by atoms with E-state index < -0.39 is 12.2 Å². The van der Waals surface area contributed by atoms with Crippen molar-refractivity contribution < 1.29 is 15.0 Å². The van der Waals surface area contributed by atoms with Crippen molar-refractivity contribution in [3.63, 3.8) is 0 Å². The van der Waals surface area contributed by atoms with Crippen LogP contribution >= 0.6 is 11.6 Å². The molecule has 0 bridgehead atoms. The SMILES string of the molecule is CC(=O)c1ccc(C(O)C(O)CCCl)cc1C. The molecule has 1 aromatic rings. The van der Waals surface area contributed by atoms with Gasteiger partial charge in [0.1, 0.15) is 6.10 Å². The normalized spacial score (nSPS) is 14.4. The Kier molecular flexibility index (Phi) is 5.12. The largest absolute Gasteiger partial charge is 0.390 e. The summed E-state index contributed by atoms with van der Waals surface area (Å²) in [5, 5.41) is 19.5. The molecule has 17 heavy (non-hydrogen) atoms. The van der Waals surface area contributed by atoms with E-state index in [2.05, 4.69) is 0 Å². The van der Waals surface area contributed by atoms with Crippen molar-refractivity contribution in [3.8, 4) is 0 Å². The summed E-state index contributed by atoms with van der Waals surface area (Å²) < 4.78 is 0. The number of rotatable bonds is 5. The maximum atomic E-state index is 11.3. The van der Waals surface area contributed by atoms with Crippen LogP contribution in [0.5, 0.6) is 0 Å². The third-order valence-corrected chi connectivity index (χ3v) is 2.96. The number of benzene rings is 1. The van der Waals surface area contributed by atoms with E-state index in [1.54, 1.807) is 25.1 Å². The maximum Gasteiger partial charge on any atom is 0.160 e. The van der Waals surface area contributed by atoms with Gasteiger partial charge in [-0.2, -0.15) is 0 Å². The third-order valence-electron chi connectivity index (χ3n) is 2.74. The Hall–Kier alpha value is -0.900. The highest BCUT2D eigenvalue weighted by atomic mass is 35.5. The van der Waals surface area contributed by atoms with Gasteiger partial charge >= 0.3 is 0 Å². The summed E-state index contributed by atoms with van der Waals surface area (Å²) in [4.78, 5) is 11.3. The molecular weight excluding hydrogens is 240 g/mol. The highest BCUT2D eigenvalue weighted by molar-refractivity contribution is 6.17. The van der Waals surface area contributed by atoms with Gasteiger partial charge in [-0.25, -0.2) is 0 Å². The predicted octanol–water partition coefficient (Wildman–Crippen LogP) is 2.22. The number of alkyl halides is 1. The lowest BCUT2D eigenvalue weighted by atomic mass is 9.97. The Labute approximate surface area is 106 Å². The van der Waals surface area contributed by atoms with Gasteiger partial charge in [0.05, 0.1) is 6.10 Å². The summed E-state index contributed by atoms with van der Waals surface area (Å²) in [6.45, 7) is 3.31. The monoisotopic (exact) mass is 256 g/mol. The molecule has 0 saturated carbocycles. The molecule has 0 aromatic heterocycles. The first-order valence-electron chi connectivity index (χ1n) is 5.51. The average Bonchev–Trinajstić information content (AvgIpc) is 2.27. The summed E-state index contributed by atoms with van der Waals surface area (Å²) in [6, 6.07) is 5.05. The zero-order valence-electron chi connectivity index (χ0n) is 9.98. The molecule has 1 rings (SSSR count). The molecule has 0 aliphatic carbocycles. The quantitative estimate of drug-likeness (QED) is 0.627. The number of Topliss-reactive ketones (excluding diaryl/α,β-unsaturated/α-hetero) is 1. The van der Waals surface area contributed by atoms with Crippen LogP contribution in [0, 0.1) is 6.92 Å². The van der Waals surface area contributed by atoms with Crippen molar-refractivity contribution in [2.45, 2.75) is 32.5 Å². The number of halogens is 1. The lowest BCUT2D eigenvalue weighted by molar-refractivity contribution is 0.0169. The van der Waals surface area contributed by atoms with Crippen molar-refractivity contribution in [3.05, 3.63) is 34.9 Å². The fourth-order valence-corrected chi connectivity index (χ4v) is 1.98. The van der Waals surface area contributed by atoms with Crippen LogP contribution in [0.2, 0.25) is 0 Å². The number of hydrogen-bond acceptors (Lipinski definition) is 3. The first-order chi connectivity index (χ1) is 7.97. The third kappa shape index (κ3) is 3.53. The minimum atomic E-state index is -0.964. The first kappa shape index (κ1) is 14.2. The summed E-state index contributed by atoms with van der Waals surface area (Å²) in [5.74, 6) is 0.285. The van der Waals surface area contributed by atoms with Gasteiger partial charge in [-0.15, -0.1) is 11.6 Å². The van der Waals surface area contributed by atoms with Crippen molar-refractivity contribution in [1.82, 2.24) is 0 Å². The number of aliphatic hydroxyl groups excluding tert-OH is 2. The number of carbonyl (C=O) groups is 1. The molecule has 2 unspecified atom stereocenters. The molecule has 3 nitrogen and oxygen atoms in total. The summed E-state index contributed by atoms with van der Waals surface area (Å²) in [6.07, 6.45) is -1.51. The van der Waals surface area contributed by atoms with E-state index in [0.717, 1.165) is 5.56 Å². The van der Waals surface area contributed by atoms with Crippen LogP contribution in [-0.4, -0.2) is 28.0 Å².